The van der Waals surface area contributed by atoms with Crippen molar-refractivity contribution >= 4 is 15.7 Å². The lowest BCUT2D eigenvalue weighted by Gasteiger charge is -2.25. The minimum Gasteiger partial charge on any atom is -0.389 e. The van der Waals surface area contributed by atoms with Gasteiger partial charge in [0.05, 0.1) is 11.4 Å². The van der Waals surface area contributed by atoms with Crippen molar-refractivity contribution in [3.8, 4) is 0 Å². The van der Waals surface area contributed by atoms with Crippen molar-refractivity contribution in [2.24, 2.45) is 0 Å². The quantitative estimate of drug-likeness (QED) is 0.882. The fourth-order valence-corrected chi connectivity index (χ4v) is 2.72. The zero-order valence-corrected chi connectivity index (χ0v) is 13.1. The highest BCUT2D eigenvalue weighted by molar-refractivity contribution is 7.89. The van der Waals surface area contributed by atoms with Gasteiger partial charge in [-0.15, -0.1) is 0 Å². The van der Waals surface area contributed by atoms with Crippen molar-refractivity contribution in [2.75, 3.05) is 19.8 Å². The summed E-state index contributed by atoms with van der Waals surface area (Å²) in [7, 11) is -1.46. The molecule has 20 heavy (non-hydrogen) atoms. The number of rotatable bonds is 5. The molecule has 0 saturated heterocycles. The van der Waals surface area contributed by atoms with E-state index in [4.69, 9.17) is 0 Å². The van der Waals surface area contributed by atoms with Crippen molar-refractivity contribution in [3.05, 3.63) is 35.4 Å². The highest BCUT2D eigenvalue weighted by Crippen LogP contribution is 2.11. The van der Waals surface area contributed by atoms with Crippen molar-refractivity contribution in [1.82, 2.24) is 4.90 Å². The van der Waals surface area contributed by atoms with E-state index in [0.717, 1.165) is 0 Å². The van der Waals surface area contributed by atoms with Crippen LogP contribution in [0.3, 0.4) is 0 Å². The first-order valence-electron chi connectivity index (χ1n) is 6.22. The van der Waals surface area contributed by atoms with Gasteiger partial charge in [0.15, 0.2) is 9.84 Å². The number of likely N-dealkylation sites (N-methyl/N-ethyl adjacent to an activating group) is 1. The van der Waals surface area contributed by atoms with E-state index in [9.17, 15) is 18.3 Å². The maximum atomic E-state index is 12.1. The topological polar surface area (TPSA) is 74.7 Å². The molecule has 0 saturated carbocycles. The van der Waals surface area contributed by atoms with Gasteiger partial charge in [0, 0.05) is 25.4 Å². The van der Waals surface area contributed by atoms with E-state index < -0.39 is 15.4 Å². The number of nitrogens with zero attached hydrogens (tertiary/aromatic N) is 1. The average Bonchev–Trinajstić information content (AvgIpc) is 2.24. The van der Waals surface area contributed by atoms with Crippen LogP contribution in [-0.2, 0) is 15.6 Å². The van der Waals surface area contributed by atoms with Crippen LogP contribution in [0.2, 0.25) is 0 Å². The molecule has 0 aliphatic rings. The fourth-order valence-electron chi connectivity index (χ4n) is 1.92. The van der Waals surface area contributed by atoms with Gasteiger partial charge in [-0.25, -0.2) is 8.42 Å². The third-order valence-corrected chi connectivity index (χ3v) is 3.46. The Kier molecular flexibility index (Phi) is 4.94. The Morgan fingerprint density at radius 3 is 2.15 bits per heavy atom. The van der Waals surface area contributed by atoms with Crippen molar-refractivity contribution < 1.29 is 18.3 Å². The van der Waals surface area contributed by atoms with Gasteiger partial charge in [-0.05, 0) is 31.5 Å². The van der Waals surface area contributed by atoms with Crippen LogP contribution >= 0.6 is 0 Å². The van der Waals surface area contributed by atoms with Crippen LogP contribution in [0, 0.1) is 0 Å². The van der Waals surface area contributed by atoms with Crippen LogP contribution in [0.1, 0.15) is 29.8 Å². The monoisotopic (exact) mass is 299 g/mol. The molecule has 1 aromatic rings. The molecule has 1 N–H and O–H groups in total. The first-order valence-corrected chi connectivity index (χ1v) is 8.28. The first-order chi connectivity index (χ1) is 8.98. The number of sulfone groups is 1. The zero-order chi connectivity index (χ0) is 15.6. The molecule has 5 nitrogen and oxygen atoms in total. The van der Waals surface area contributed by atoms with Gasteiger partial charge in [0.25, 0.3) is 5.91 Å². The highest BCUT2D eigenvalue weighted by atomic mass is 32.2. The summed E-state index contributed by atoms with van der Waals surface area (Å²) in [4.78, 5) is 13.6. The second-order valence-electron chi connectivity index (χ2n) is 5.74. The molecule has 0 aliphatic carbocycles. The van der Waals surface area contributed by atoms with E-state index in [1.807, 2.05) is 0 Å². The largest absolute Gasteiger partial charge is 0.389 e. The Morgan fingerprint density at radius 1 is 1.25 bits per heavy atom. The molecule has 0 aliphatic heterocycles. The van der Waals surface area contributed by atoms with Crippen LogP contribution in [0.15, 0.2) is 24.3 Å². The van der Waals surface area contributed by atoms with E-state index in [1.54, 1.807) is 45.2 Å². The summed E-state index contributed by atoms with van der Waals surface area (Å²) < 4.78 is 22.4. The summed E-state index contributed by atoms with van der Waals surface area (Å²) >= 11 is 0. The first kappa shape index (κ1) is 16.7. The molecular weight excluding hydrogens is 278 g/mol. The maximum Gasteiger partial charge on any atom is 0.253 e. The van der Waals surface area contributed by atoms with Crippen LogP contribution in [0.4, 0.5) is 0 Å². The van der Waals surface area contributed by atoms with Gasteiger partial charge in [-0.3, -0.25) is 4.79 Å². The fraction of sp³-hybridized carbons (Fsp3) is 0.500. The summed E-state index contributed by atoms with van der Waals surface area (Å²) in [6.45, 7) is 3.48. The lowest BCUT2D eigenvalue weighted by Crippen LogP contribution is -2.39. The van der Waals surface area contributed by atoms with E-state index in [1.165, 1.54) is 11.2 Å². The molecule has 0 heterocycles. The Morgan fingerprint density at radius 2 is 1.75 bits per heavy atom. The van der Waals surface area contributed by atoms with E-state index in [2.05, 4.69) is 0 Å². The van der Waals surface area contributed by atoms with Gasteiger partial charge in [0.2, 0.25) is 0 Å². The lowest BCUT2D eigenvalue weighted by atomic mass is 10.1. The van der Waals surface area contributed by atoms with Gasteiger partial charge in [-0.2, -0.15) is 0 Å². The highest BCUT2D eigenvalue weighted by Gasteiger charge is 2.20. The SMILES string of the molecule is CN(CC(C)(C)O)C(=O)c1ccc(CS(C)(=O)=O)cc1. The van der Waals surface area contributed by atoms with E-state index in [0.29, 0.717) is 11.1 Å². The summed E-state index contributed by atoms with van der Waals surface area (Å²) in [6.07, 6.45) is 1.17. The van der Waals surface area contributed by atoms with Crippen LogP contribution < -0.4 is 0 Å². The van der Waals surface area contributed by atoms with Gasteiger partial charge >= 0.3 is 0 Å². The molecule has 1 aromatic carbocycles. The molecule has 0 fully saturated rings. The molecular formula is C14H21NO4S. The van der Waals surface area contributed by atoms with Gasteiger partial charge < -0.3 is 10.0 Å². The minimum absolute atomic E-state index is 0.0407. The normalized spacial score (nSPS) is 12.2. The molecule has 0 radical (unpaired) electrons. The minimum atomic E-state index is -3.08. The van der Waals surface area contributed by atoms with Crippen LogP contribution in [-0.4, -0.2) is 49.8 Å². The molecule has 0 unspecified atom stereocenters. The van der Waals surface area contributed by atoms with Crippen molar-refractivity contribution in [2.45, 2.75) is 25.2 Å². The van der Waals surface area contributed by atoms with Crippen LogP contribution in [0.5, 0.6) is 0 Å². The number of aliphatic hydroxyl groups is 1. The number of carbonyl (C=O) groups excluding carboxylic acids is 1. The number of benzene rings is 1. The van der Waals surface area contributed by atoms with Gasteiger partial charge in [0.1, 0.15) is 0 Å². The maximum absolute atomic E-state index is 12.1. The smallest absolute Gasteiger partial charge is 0.253 e. The Bertz CT molecular complexity index is 570. The summed E-state index contributed by atoms with van der Waals surface area (Å²) in [5.41, 5.74) is 0.156. The summed E-state index contributed by atoms with van der Waals surface area (Å²) in [5.74, 6) is -0.251. The van der Waals surface area contributed by atoms with Gasteiger partial charge in [-0.1, -0.05) is 12.1 Å². The number of amides is 1. The molecule has 0 atom stereocenters. The predicted octanol–water partition coefficient (Wildman–Crippen LogP) is 1.07. The third-order valence-electron chi connectivity index (χ3n) is 2.60. The number of carbonyl (C=O) groups is 1. The molecule has 0 aromatic heterocycles. The second kappa shape index (κ2) is 5.93. The standard InChI is InChI=1S/C14H21NO4S/c1-14(2,17)10-15(3)13(16)12-7-5-11(6-8-12)9-20(4,18)19/h5-8,17H,9-10H2,1-4H3. The molecule has 6 heteroatoms. The summed E-state index contributed by atoms with van der Waals surface area (Å²) in [5, 5.41) is 9.69. The average molecular weight is 299 g/mol. The summed E-state index contributed by atoms with van der Waals surface area (Å²) in [6, 6.07) is 6.46. The van der Waals surface area contributed by atoms with E-state index in [-0.39, 0.29) is 18.2 Å². The van der Waals surface area contributed by atoms with Crippen LogP contribution in [0.25, 0.3) is 0 Å². The Labute approximate surface area is 120 Å². The molecule has 0 spiro atoms. The zero-order valence-electron chi connectivity index (χ0n) is 12.3. The van der Waals surface area contributed by atoms with Crippen molar-refractivity contribution in [3.63, 3.8) is 0 Å². The Hall–Kier alpha value is -1.40. The predicted molar refractivity (Wildman–Crippen MR) is 78.2 cm³/mol. The second-order valence-corrected chi connectivity index (χ2v) is 7.88. The Balaban J connectivity index is 2.80. The van der Waals surface area contributed by atoms with Crippen molar-refractivity contribution in [1.29, 1.82) is 0 Å². The molecule has 1 amide bonds. The van der Waals surface area contributed by atoms with E-state index >= 15 is 0 Å². The number of hydrogen-bond donors (Lipinski definition) is 1. The molecule has 1 rings (SSSR count). The molecule has 0 bridgehead atoms. The molecule has 112 valence electrons. The number of hydrogen-bond acceptors (Lipinski definition) is 4. The lowest BCUT2D eigenvalue weighted by molar-refractivity contribution is 0.0368. The third kappa shape index (κ3) is 5.71.